The Labute approximate surface area is 275 Å². The molecule has 0 atom stereocenters. The van der Waals surface area contributed by atoms with Crippen LogP contribution in [0.3, 0.4) is 0 Å². The summed E-state index contributed by atoms with van der Waals surface area (Å²) in [6, 6.07) is 37.0. The van der Waals surface area contributed by atoms with E-state index in [1.165, 1.54) is 18.2 Å². The van der Waals surface area contributed by atoms with Crippen LogP contribution in [0.5, 0.6) is 0 Å². The van der Waals surface area contributed by atoms with Crippen LogP contribution in [-0.2, 0) is 33.2 Å². The van der Waals surface area contributed by atoms with Gasteiger partial charge in [-0.3, -0.25) is 9.11 Å². The topological polar surface area (TPSA) is 138 Å². The van der Waals surface area contributed by atoms with Gasteiger partial charge in [-0.05, 0) is 81.9 Å². The van der Waals surface area contributed by atoms with Gasteiger partial charge in [-0.1, -0.05) is 97.9 Å². The lowest BCUT2D eigenvalue weighted by atomic mass is 9.94. The lowest BCUT2D eigenvalue weighted by Crippen LogP contribution is -2.22. The van der Waals surface area contributed by atoms with E-state index in [1.54, 1.807) is 18.2 Å². The van der Waals surface area contributed by atoms with Crippen LogP contribution in [0.25, 0.3) is 11.3 Å². The Morgan fingerprint density at radius 1 is 0.681 bits per heavy atom. The summed E-state index contributed by atoms with van der Waals surface area (Å²) < 4.78 is 66.5. The number of benzene rings is 5. The van der Waals surface area contributed by atoms with Crippen molar-refractivity contribution < 1.29 is 25.9 Å². The van der Waals surface area contributed by atoms with Crippen LogP contribution in [0.2, 0.25) is 0 Å². The molecule has 0 radical (unpaired) electrons. The van der Waals surface area contributed by atoms with E-state index in [9.17, 15) is 25.9 Å². The Kier molecular flexibility index (Phi) is 9.97. The van der Waals surface area contributed by atoms with Crippen molar-refractivity contribution >= 4 is 37.2 Å². The van der Waals surface area contributed by atoms with Gasteiger partial charge in [0.15, 0.2) is 0 Å². The monoisotopic (exact) mass is 668 g/mol. The van der Waals surface area contributed by atoms with Crippen molar-refractivity contribution in [1.29, 1.82) is 0 Å². The van der Waals surface area contributed by atoms with E-state index < -0.39 is 20.2 Å². The number of anilines is 1. The molecule has 0 amide bonds. The van der Waals surface area contributed by atoms with E-state index in [1.807, 2.05) is 86.6 Å². The van der Waals surface area contributed by atoms with Gasteiger partial charge in [0, 0.05) is 30.0 Å². The summed E-state index contributed by atoms with van der Waals surface area (Å²) in [5.74, 6) is 0. The van der Waals surface area contributed by atoms with Gasteiger partial charge in [0.05, 0.1) is 9.79 Å². The Morgan fingerprint density at radius 2 is 1.30 bits per heavy atom. The van der Waals surface area contributed by atoms with Gasteiger partial charge in [-0.2, -0.15) is 16.8 Å². The summed E-state index contributed by atoms with van der Waals surface area (Å²) in [4.78, 5) is 1.84. The first-order chi connectivity index (χ1) is 22.4. The molecule has 0 fully saturated rings. The molecule has 5 aromatic carbocycles. The molecule has 242 valence electrons. The lowest BCUT2D eigenvalue weighted by molar-refractivity contribution is 0.480. The Balaban J connectivity index is 1.55. The molecule has 4 N–H and O–H groups in total. The highest BCUT2D eigenvalue weighted by Crippen LogP contribution is 2.26. The van der Waals surface area contributed by atoms with Crippen LogP contribution < -0.4 is 21.1 Å². The fraction of sp³-hybridized carbons (Fsp3) is 0.135. The predicted molar refractivity (Wildman–Crippen MR) is 186 cm³/mol. The highest BCUT2D eigenvalue weighted by atomic mass is 32.2. The number of hydrogen-bond donors (Lipinski definition) is 3. The van der Waals surface area contributed by atoms with Gasteiger partial charge in [0.1, 0.15) is 0 Å². The lowest BCUT2D eigenvalue weighted by Gasteiger charge is -2.24. The van der Waals surface area contributed by atoms with E-state index >= 15 is 0 Å². The minimum absolute atomic E-state index is 0.133. The van der Waals surface area contributed by atoms with Crippen molar-refractivity contribution in [2.45, 2.75) is 36.6 Å². The quantitative estimate of drug-likeness (QED) is 0.174. The molecule has 8 nitrogen and oxygen atoms in total. The molecule has 10 heteroatoms. The molecule has 0 aromatic heterocycles. The number of nitrogens with two attached hydrogens (primary N) is 1. The Hall–Kier alpha value is -4.74. The normalized spacial score (nSPS) is 11.7. The first-order valence-electron chi connectivity index (χ1n) is 15.1. The third kappa shape index (κ3) is 7.64. The summed E-state index contributed by atoms with van der Waals surface area (Å²) in [5, 5.41) is 1.67. The zero-order valence-corrected chi connectivity index (χ0v) is 27.7. The maximum Gasteiger partial charge on any atom is 0.294 e. The Morgan fingerprint density at radius 3 is 1.89 bits per heavy atom. The van der Waals surface area contributed by atoms with Crippen molar-refractivity contribution in [3.05, 3.63) is 160 Å². The third-order valence-electron chi connectivity index (χ3n) is 8.07. The molecule has 0 unspecified atom stereocenters. The maximum atomic E-state index is 12.0. The van der Waals surface area contributed by atoms with E-state index in [0.717, 1.165) is 38.4 Å². The molecule has 5 rings (SSSR count). The van der Waals surface area contributed by atoms with Crippen molar-refractivity contribution in [2.75, 3.05) is 11.4 Å². The van der Waals surface area contributed by atoms with Crippen molar-refractivity contribution in [3.63, 3.8) is 0 Å². The zero-order valence-electron chi connectivity index (χ0n) is 26.0. The zero-order chi connectivity index (χ0) is 33.8. The summed E-state index contributed by atoms with van der Waals surface area (Å²) in [5.41, 5.74) is 12.7. The molecule has 0 saturated heterocycles. The van der Waals surface area contributed by atoms with E-state index in [-0.39, 0.29) is 9.79 Å². The van der Waals surface area contributed by atoms with Crippen LogP contribution in [0, 0.1) is 0 Å². The van der Waals surface area contributed by atoms with E-state index in [4.69, 9.17) is 5.73 Å². The minimum atomic E-state index is -4.40. The maximum absolute atomic E-state index is 12.0. The summed E-state index contributed by atoms with van der Waals surface area (Å²) in [6.45, 7) is 4.98. The van der Waals surface area contributed by atoms with Crippen LogP contribution in [0.15, 0.2) is 131 Å². The fourth-order valence-electron chi connectivity index (χ4n) is 5.75. The van der Waals surface area contributed by atoms with Crippen molar-refractivity contribution in [1.82, 2.24) is 0 Å². The van der Waals surface area contributed by atoms with Crippen molar-refractivity contribution in [2.24, 2.45) is 5.73 Å². The second-order valence-corrected chi connectivity index (χ2v) is 13.8. The number of rotatable bonds is 10. The van der Waals surface area contributed by atoms with Gasteiger partial charge in [0.2, 0.25) is 0 Å². The third-order valence-corrected chi connectivity index (χ3v) is 9.86. The van der Waals surface area contributed by atoms with Gasteiger partial charge in [-0.25, -0.2) is 0 Å². The average Bonchev–Trinajstić information content (AvgIpc) is 3.07. The summed E-state index contributed by atoms with van der Waals surface area (Å²) >= 11 is 0. The molecule has 0 aliphatic rings. The highest BCUT2D eigenvalue weighted by molar-refractivity contribution is 7.86. The average molecular weight is 669 g/mol. The SMILES string of the molecule is CCc1c(C(N)=c2ccc(=C(c3ccccc3)c3ccc(N(CC)Cc4cccc(S(=O)(=O)O)c4)cc3)cc2)cccc1S(=O)(=O)O. The first-order valence-corrected chi connectivity index (χ1v) is 18.0. The van der Waals surface area contributed by atoms with Gasteiger partial charge >= 0.3 is 0 Å². The Bertz CT molecular complexity index is 2230. The molecule has 0 aliphatic carbocycles. The fourth-order valence-corrected chi connectivity index (χ4v) is 7.12. The standard InChI is InChI=1S/C37H36N2O6S2/c1-3-33-34(14-9-15-35(33)47(43,44)45)37(38)30-18-16-28(17-19-30)36(27-11-6-5-7-12-27)29-20-22-31(23-21-29)39(4-2)25-26-10-8-13-32(24-26)46(40,41)42/h5-24H,3-4,25,38H2,1-2H3,(H,40,41,42)(H,43,44,45). The molecule has 0 bridgehead atoms. The van der Waals surface area contributed by atoms with Crippen LogP contribution in [0.1, 0.15) is 41.7 Å². The van der Waals surface area contributed by atoms with Crippen LogP contribution in [-0.4, -0.2) is 32.5 Å². The molecule has 0 heterocycles. The molecule has 47 heavy (non-hydrogen) atoms. The number of nitrogens with zero attached hydrogens (tertiary/aromatic N) is 1. The predicted octanol–water partition coefficient (Wildman–Crippen LogP) is 5.13. The molecular formula is C37H36N2O6S2. The van der Waals surface area contributed by atoms with E-state index in [0.29, 0.717) is 36.3 Å². The van der Waals surface area contributed by atoms with E-state index in [2.05, 4.69) is 17.0 Å². The highest BCUT2D eigenvalue weighted by Gasteiger charge is 2.18. The van der Waals surface area contributed by atoms with Crippen LogP contribution in [0.4, 0.5) is 5.69 Å². The molecule has 0 aliphatic heterocycles. The molecule has 0 saturated carbocycles. The van der Waals surface area contributed by atoms with Gasteiger partial charge in [0.25, 0.3) is 20.2 Å². The van der Waals surface area contributed by atoms with Gasteiger partial charge in [-0.15, -0.1) is 0 Å². The smallest absolute Gasteiger partial charge is 0.294 e. The second-order valence-electron chi connectivity index (χ2n) is 11.0. The van der Waals surface area contributed by atoms with Crippen molar-refractivity contribution in [3.8, 4) is 0 Å². The van der Waals surface area contributed by atoms with Crippen LogP contribution >= 0.6 is 0 Å². The van der Waals surface area contributed by atoms with Gasteiger partial charge < -0.3 is 10.6 Å². The summed E-state index contributed by atoms with van der Waals surface area (Å²) in [6.07, 6.45) is 0.373. The minimum Gasteiger partial charge on any atom is -0.398 e. The second kappa shape index (κ2) is 13.9. The molecule has 5 aromatic rings. The number of hydrogen-bond acceptors (Lipinski definition) is 6. The summed E-state index contributed by atoms with van der Waals surface area (Å²) in [7, 11) is -8.70. The first kappa shape index (κ1) is 33.6. The molecular weight excluding hydrogens is 633 g/mol. The molecule has 0 spiro atoms. The largest absolute Gasteiger partial charge is 0.398 e.